The van der Waals surface area contributed by atoms with Crippen LogP contribution in [0.1, 0.15) is 0 Å². The molecule has 0 bridgehead atoms. The smallest absolute Gasteiger partial charge is 0.0781 e. The Balaban J connectivity index is 2.68. The van der Waals surface area contributed by atoms with Crippen LogP contribution in [0.4, 0.5) is 0 Å². The summed E-state index contributed by atoms with van der Waals surface area (Å²) < 4.78 is 2.29. The highest BCUT2D eigenvalue weighted by molar-refractivity contribution is 6.04. The van der Waals surface area contributed by atoms with Gasteiger partial charge in [-0.2, -0.15) is 0 Å². The summed E-state index contributed by atoms with van der Waals surface area (Å²) in [6.07, 6.45) is 0. The van der Waals surface area contributed by atoms with E-state index in [1.165, 1.54) is 16.9 Å². The van der Waals surface area contributed by atoms with Gasteiger partial charge < -0.3 is 9.88 Å². The molecule has 0 spiro atoms. The molecule has 0 aromatic heterocycles. The Kier molecular flexibility index (Phi) is 4.38. The topological polar surface area (TPSA) is 15.3 Å². The van der Waals surface area contributed by atoms with E-state index in [1.807, 2.05) is 7.05 Å². The van der Waals surface area contributed by atoms with Gasteiger partial charge in [0.2, 0.25) is 0 Å². The molecule has 0 aromatic carbocycles. The van der Waals surface area contributed by atoms with E-state index in [1.54, 1.807) is 0 Å². The second-order valence-corrected chi connectivity index (χ2v) is 3.43. The lowest BCUT2D eigenvalue weighted by Gasteiger charge is -2.06. The molecule has 44 valence electrons. The van der Waals surface area contributed by atoms with Gasteiger partial charge in [-0.3, -0.25) is 0 Å². The molecule has 1 N–H and O–H groups in total. The first-order chi connectivity index (χ1) is 3.27. The Morgan fingerprint density at radius 1 is 1.71 bits per heavy atom. The minimum absolute atomic E-state index is 1.11. The summed E-state index contributed by atoms with van der Waals surface area (Å²) in [5.41, 5.74) is 0. The van der Waals surface area contributed by atoms with Crippen molar-refractivity contribution in [3.63, 3.8) is 0 Å². The molecule has 0 radical (unpaired) electrons. The van der Waals surface area contributed by atoms with Crippen molar-refractivity contribution < 1.29 is 0 Å². The van der Waals surface area contributed by atoms with Crippen molar-refractivity contribution in [1.82, 2.24) is 9.88 Å². The number of hydrogen-bond acceptors (Lipinski definition) is 2. The summed E-state index contributed by atoms with van der Waals surface area (Å²) in [6.45, 7) is 2.29. The molecule has 0 rings (SSSR count). The molecule has 0 saturated heterocycles. The van der Waals surface area contributed by atoms with Crippen LogP contribution in [0.15, 0.2) is 0 Å². The van der Waals surface area contributed by atoms with Crippen LogP contribution in [0, 0.1) is 0 Å². The van der Waals surface area contributed by atoms with Crippen LogP contribution >= 0.6 is 0 Å². The van der Waals surface area contributed by atoms with Crippen molar-refractivity contribution in [2.24, 2.45) is 0 Å². The molecule has 0 aliphatic rings. The SMILES string of the molecule is CNCCN(C)[SiH3]. The lowest BCUT2D eigenvalue weighted by molar-refractivity contribution is 0.531. The minimum atomic E-state index is 1.11. The number of rotatable bonds is 3. The zero-order chi connectivity index (χ0) is 5.70. The lowest BCUT2D eigenvalue weighted by Crippen LogP contribution is -2.24. The molecule has 0 amide bonds. The standard InChI is InChI=1S/C4H14N2Si/c1-5-3-4-6(2)7/h5H,3-4H2,1-2,7H3. The highest BCUT2D eigenvalue weighted by atomic mass is 28.2. The van der Waals surface area contributed by atoms with E-state index in [9.17, 15) is 0 Å². The summed E-state index contributed by atoms with van der Waals surface area (Å²) in [7, 11) is 5.28. The van der Waals surface area contributed by atoms with Crippen molar-refractivity contribution in [3.8, 4) is 0 Å². The van der Waals surface area contributed by atoms with E-state index in [2.05, 4.69) is 16.9 Å². The average Bonchev–Trinajstić information content (AvgIpc) is 1.61. The highest BCUT2D eigenvalue weighted by Crippen LogP contribution is 1.65. The molecule has 0 unspecified atom stereocenters. The van der Waals surface area contributed by atoms with Gasteiger partial charge in [-0.05, 0) is 14.1 Å². The zero-order valence-electron chi connectivity index (χ0n) is 5.36. The largest absolute Gasteiger partial charge is 0.334 e. The summed E-state index contributed by atoms with van der Waals surface area (Å²) in [5.74, 6) is 0. The number of nitrogens with zero attached hydrogens (tertiary/aromatic N) is 1. The second-order valence-electron chi connectivity index (χ2n) is 1.91. The Morgan fingerprint density at radius 2 is 2.29 bits per heavy atom. The Labute approximate surface area is 48.4 Å². The van der Waals surface area contributed by atoms with Crippen LogP contribution in [0.3, 0.4) is 0 Å². The summed E-state index contributed by atoms with van der Waals surface area (Å²) in [4.78, 5) is 0. The summed E-state index contributed by atoms with van der Waals surface area (Å²) in [5, 5.41) is 3.08. The molecule has 3 heteroatoms. The van der Waals surface area contributed by atoms with Crippen LogP contribution in [-0.4, -0.2) is 42.2 Å². The number of hydrogen-bond donors (Lipinski definition) is 1. The second kappa shape index (κ2) is 4.30. The minimum Gasteiger partial charge on any atom is -0.334 e. The van der Waals surface area contributed by atoms with Crippen molar-refractivity contribution >= 4 is 10.4 Å². The third-order valence-corrected chi connectivity index (χ3v) is 1.26. The third-order valence-electron chi connectivity index (χ3n) is 0.809. The maximum atomic E-state index is 3.08. The van der Waals surface area contributed by atoms with E-state index in [-0.39, 0.29) is 0 Å². The first kappa shape index (κ1) is 7.14. The van der Waals surface area contributed by atoms with Crippen molar-refractivity contribution in [3.05, 3.63) is 0 Å². The lowest BCUT2D eigenvalue weighted by atomic mass is 10.6. The predicted molar refractivity (Wildman–Crippen MR) is 36.5 cm³/mol. The molecule has 0 aliphatic carbocycles. The molecule has 7 heavy (non-hydrogen) atoms. The van der Waals surface area contributed by atoms with Crippen LogP contribution in [0.2, 0.25) is 0 Å². The molecule has 0 aliphatic heterocycles. The van der Waals surface area contributed by atoms with Crippen LogP contribution in [0.5, 0.6) is 0 Å². The van der Waals surface area contributed by atoms with E-state index in [4.69, 9.17) is 0 Å². The highest BCUT2D eigenvalue weighted by Gasteiger charge is 1.82. The molecular weight excluding hydrogens is 104 g/mol. The first-order valence-corrected chi connectivity index (χ1v) is 3.46. The van der Waals surface area contributed by atoms with Crippen molar-refractivity contribution in [1.29, 1.82) is 0 Å². The van der Waals surface area contributed by atoms with E-state index < -0.39 is 0 Å². The summed E-state index contributed by atoms with van der Waals surface area (Å²) in [6, 6.07) is 0. The number of likely N-dealkylation sites (N-methyl/N-ethyl adjacent to an activating group) is 2. The van der Waals surface area contributed by atoms with Gasteiger partial charge in [-0.15, -0.1) is 0 Å². The molecule has 0 heterocycles. The van der Waals surface area contributed by atoms with Gasteiger partial charge in [0.25, 0.3) is 0 Å². The predicted octanol–water partition coefficient (Wildman–Crippen LogP) is -1.58. The quantitative estimate of drug-likeness (QED) is 0.450. The van der Waals surface area contributed by atoms with Gasteiger partial charge in [0, 0.05) is 13.1 Å². The Morgan fingerprint density at radius 3 is 2.43 bits per heavy atom. The maximum absolute atomic E-state index is 3.08. The Bertz CT molecular complexity index is 38.7. The van der Waals surface area contributed by atoms with E-state index >= 15 is 0 Å². The molecule has 0 saturated carbocycles. The van der Waals surface area contributed by atoms with Crippen molar-refractivity contribution in [2.75, 3.05) is 27.2 Å². The van der Waals surface area contributed by atoms with E-state index in [0.29, 0.717) is 0 Å². The fourth-order valence-corrected chi connectivity index (χ4v) is 0.559. The van der Waals surface area contributed by atoms with Gasteiger partial charge in [-0.1, -0.05) is 0 Å². The van der Waals surface area contributed by atoms with Gasteiger partial charge in [-0.25, -0.2) is 0 Å². The third kappa shape index (κ3) is 6.14. The van der Waals surface area contributed by atoms with E-state index in [0.717, 1.165) is 6.54 Å². The molecule has 0 aromatic rings. The molecule has 2 nitrogen and oxygen atoms in total. The van der Waals surface area contributed by atoms with Gasteiger partial charge in [0.1, 0.15) is 0 Å². The molecule has 0 atom stereocenters. The van der Waals surface area contributed by atoms with Gasteiger partial charge >= 0.3 is 0 Å². The maximum Gasteiger partial charge on any atom is 0.0781 e. The average molecular weight is 118 g/mol. The van der Waals surface area contributed by atoms with Crippen LogP contribution < -0.4 is 5.32 Å². The zero-order valence-corrected chi connectivity index (χ0v) is 7.36. The van der Waals surface area contributed by atoms with Gasteiger partial charge in [0.05, 0.1) is 10.4 Å². The number of nitrogens with one attached hydrogen (secondary N) is 1. The van der Waals surface area contributed by atoms with Crippen LogP contribution in [0.25, 0.3) is 0 Å². The Hall–Kier alpha value is 0.137. The monoisotopic (exact) mass is 118 g/mol. The fraction of sp³-hybridized carbons (Fsp3) is 1.00. The molecule has 0 fully saturated rings. The van der Waals surface area contributed by atoms with Crippen LogP contribution in [-0.2, 0) is 0 Å². The fourth-order valence-electron chi connectivity index (χ4n) is 0.335. The first-order valence-electron chi connectivity index (χ1n) is 2.56. The summed E-state index contributed by atoms with van der Waals surface area (Å²) >= 11 is 0. The normalized spacial score (nSPS) is 10.7. The molecular formula is C4H14N2Si. The van der Waals surface area contributed by atoms with Crippen molar-refractivity contribution in [2.45, 2.75) is 0 Å². The van der Waals surface area contributed by atoms with Gasteiger partial charge in [0.15, 0.2) is 0 Å².